The van der Waals surface area contributed by atoms with Gasteiger partial charge in [0, 0.05) is 13.2 Å². The number of benzene rings is 2. The summed E-state index contributed by atoms with van der Waals surface area (Å²) in [4.78, 5) is 12.0. The van der Waals surface area contributed by atoms with Gasteiger partial charge in [0.1, 0.15) is 6.61 Å². The Balaban J connectivity index is 1.62. The molecular weight excluding hydrogens is 302 g/mol. The van der Waals surface area contributed by atoms with Gasteiger partial charge in [-0.25, -0.2) is 0 Å². The van der Waals surface area contributed by atoms with E-state index in [-0.39, 0.29) is 18.5 Å². The molecule has 4 heteroatoms. The molecule has 0 radical (unpaired) electrons. The highest BCUT2D eigenvalue weighted by Gasteiger charge is 2.22. The van der Waals surface area contributed by atoms with E-state index in [1.165, 1.54) is 0 Å². The summed E-state index contributed by atoms with van der Waals surface area (Å²) in [6, 6.07) is 17.5. The van der Waals surface area contributed by atoms with Crippen molar-refractivity contribution in [3.05, 3.63) is 59.7 Å². The Labute approximate surface area is 141 Å². The van der Waals surface area contributed by atoms with Gasteiger partial charge in [0.2, 0.25) is 0 Å². The molecule has 1 aliphatic heterocycles. The van der Waals surface area contributed by atoms with Gasteiger partial charge in [0.15, 0.2) is 0 Å². The first kappa shape index (κ1) is 16.2. The molecule has 122 valence electrons. The van der Waals surface area contributed by atoms with Gasteiger partial charge in [-0.15, -0.1) is 0 Å². The van der Waals surface area contributed by atoms with E-state index in [1.807, 2.05) is 42.5 Å². The minimum Gasteiger partial charge on any atom is -0.461 e. The van der Waals surface area contributed by atoms with Crippen LogP contribution in [0.15, 0.2) is 48.5 Å². The Morgan fingerprint density at radius 1 is 1.12 bits per heavy atom. The fourth-order valence-corrected chi connectivity index (χ4v) is 2.82. The largest absolute Gasteiger partial charge is 0.461 e. The highest BCUT2D eigenvalue weighted by molar-refractivity contribution is 5.73. The number of hydrogen-bond acceptors (Lipinski definition) is 4. The van der Waals surface area contributed by atoms with Crippen LogP contribution in [-0.4, -0.2) is 19.2 Å². The minimum atomic E-state index is -0.141. The third kappa shape index (κ3) is 3.81. The van der Waals surface area contributed by atoms with Gasteiger partial charge in [0.25, 0.3) is 0 Å². The maximum atomic E-state index is 12.0. The Morgan fingerprint density at radius 3 is 2.54 bits per heavy atom. The molecule has 4 nitrogen and oxygen atoms in total. The van der Waals surface area contributed by atoms with E-state index < -0.39 is 0 Å². The minimum absolute atomic E-state index is 0.0412. The second kappa shape index (κ2) is 7.76. The van der Waals surface area contributed by atoms with E-state index in [1.54, 1.807) is 6.07 Å². The molecule has 1 aliphatic rings. The molecule has 0 bridgehead atoms. The van der Waals surface area contributed by atoms with Crippen LogP contribution < -0.4 is 0 Å². The van der Waals surface area contributed by atoms with Gasteiger partial charge < -0.3 is 9.47 Å². The first-order valence-electron chi connectivity index (χ1n) is 8.11. The zero-order valence-electron chi connectivity index (χ0n) is 13.4. The summed E-state index contributed by atoms with van der Waals surface area (Å²) >= 11 is 0. The number of hydrogen-bond donors (Lipinski definition) is 0. The van der Waals surface area contributed by atoms with Crippen LogP contribution in [0.2, 0.25) is 0 Å². The van der Waals surface area contributed by atoms with Crippen LogP contribution in [0.4, 0.5) is 0 Å². The third-order valence-corrected chi connectivity index (χ3v) is 4.25. The fourth-order valence-electron chi connectivity index (χ4n) is 2.82. The Bertz CT molecular complexity index is 740. The van der Waals surface area contributed by atoms with E-state index in [4.69, 9.17) is 9.47 Å². The molecule has 0 aliphatic carbocycles. The molecule has 0 unspecified atom stereocenters. The molecule has 1 heterocycles. The van der Waals surface area contributed by atoms with Crippen molar-refractivity contribution in [3.63, 3.8) is 0 Å². The summed E-state index contributed by atoms with van der Waals surface area (Å²) in [5.74, 6) is -0.183. The molecule has 1 saturated heterocycles. The molecule has 0 N–H and O–H groups in total. The summed E-state index contributed by atoms with van der Waals surface area (Å²) in [6.45, 7) is 1.54. The van der Waals surface area contributed by atoms with E-state index in [2.05, 4.69) is 6.07 Å². The number of nitrogens with zero attached hydrogens (tertiary/aromatic N) is 1. The van der Waals surface area contributed by atoms with Crippen LogP contribution in [0.1, 0.15) is 24.0 Å². The Kier molecular flexibility index (Phi) is 5.25. The zero-order chi connectivity index (χ0) is 16.8. The van der Waals surface area contributed by atoms with Crippen LogP contribution in [0, 0.1) is 17.2 Å². The summed E-state index contributed by atoms with van der Waals surface area (Å²) in [5.41, 5.74) is 3.47. The van der Waals surface area contributed by atoms with Crippen LogP contribution in [0.3, 0.4) is 0 Å². The van der Waals surface area contributed by atoms with Crippen LogP contribution in [-0.2, 0) is 20.9 Å². The van der Waals surface area contributed by atoms with E-state index >= 15 is 0 Å². The van der Waals surface area contributed by atoms with Crippen molar-refractivity contribution < 1.29 is 14.3 Å². The van der Waals surface area contributed by atoms with Crippen LogP contribution in [0.25, 0.3) is 11.1 Å². The van der Waals surface area contributed by atoms with Crippen molar-refractivity contribution in [2.75, 3.05) is 13.2 Å². The summed E-state index contributed by atoms with van der Waals surface area (Å²) < 4.78 is 10.7. The fraction of sp³-hybridized carbons (Fsp3) is 0.300. The second-order valence-electron chi connectivity index (χ2n) is 5.85. The Hall–Kier alpha value is -2.64. The first-order valence-corrected chi connectivity index (χ1v) is 8.11. The van der Waals surface area contributed by atoms with Crippen LogP contribution in [0.5, 0.6) is 0 Å². The predicted molar refractivity (Wildman–Crippen MR) is 89.9 cm³/mol. The lowest BCUT2D eigenvalue weighted by Crippen LogP contribution is -2.25. The number of nitriles is 1. The van der Waals surface area contributed by atoms with Gasteiger partial charge in [-0.1, -0.05) is 42.5 Å². The molecule has 1 fully saturated rings. The SMILES string of the molecule is N#Cc1ccccc1-c1ccc(COC(=O)C2CCOCC2)cc1. The predicted octanol–water partition coefficient (Wildman–Crippen LogP) is 3.70. The molecule has 24 heavy (non-hydrogen) atoms. The summed E-state index contributed by atoms with van der Waals surface area (Å²) in [5, 5.41) is 9.19. The van der Waals surface area contributed by atoms with Gasteiger partial charge in [-0.05, 0) is 35.6 Å². The number of carbonyl (C=O) groups excluding carboxylic acids is 1. The average molecular weight is 321 g/mol. The highest BCUT2D eigenvalue weighted by atomic mass is 16.5. The lowest BCUT2D eigenvalue weighted by Gasteiger charge is -2.20. The van der Waals surface area contributed by atoms with Crippen molar-refractivity contribution in [2.45, 2.75) is 19.4 Å². The third-order valence-electron chi connectivity index (χ3n) is 4.25. The standard InChI is InChI=1S/C20H19NO3/c21-13-18-3-1-2-4-19(18)16-7-5-15(6-8-16)14-24-20(22)17-9-11-23-12-10-17/h1-8,17H,9-12,14H2. The molecule has 2 aromatic rings. The lowest BCUT2D eigenvalue weighted by molar-refractivity contribution is -0.153. The number of carbonyl (C=O) groups is 1. The number of ether oxygens (including phenoxy) is 2. The molecule has 0 saturated carbocycles. The molecule has 3 rings (SSSR count). The van der Waals surface area contributed by atoms with E-state index in [9.17, 15) is 10.1 Å². The van der Waals surface area contributed by atoms with Crippen molar-refractivity contribution in [1.82, 2.24) is 0 Å². The maximum Gasteiger partial charge on any atom is 0.309 e. The van der Waals surface area contributed by atoms with E-state index in [0.717, 1.165) is 29.5 Å². The molecule has 0 spiro atoms. The molecule has 0 amide bonds. The Morgan fingerprint density at radius 2 is 1.83 bits per heavy atom. The smallest absolute Gasteiger partial charge is 0.309 e. The number of esters is 1. The van der Waals surface area contributed by atoms with Crippen molar-refractivity contribution in [2.24, 2.45) is 5.92 Å². The van der Waals surface area contributed by atoms with Gasteiger partial charge in [-0.3, -0.25) is 4.79 Å². The van der Waals surface area contributed by atoms with Crippen molar-refractivity contribution in [3.8, 4) is 17.2 Å². The van der Waals surface area contributed by atoms with Gasteiger partial charge in [-0.2, -0.15) is 5.26 Å². The summed E-state index contributed by atoms with van der Waals surface area (Å²) in [6.07, 6.45) is 1.48. The highest BCUT2D eigenvalue weighted by Crippen LogP contribution is 2.24. The molecule has 0 aromatic heterocycles. The lowest BCUT2D eigenvalue weighted by atomic mass is 9.99. The first-order chi connectivity index (χ1) is 11.8. The monoisotopic (exact) mass is 321 g/mol. The van der Waals surface area contributed by atoms with Gasteiger partial charge >= 0.3 is 5.97 Å². The van der Waals surface area contributed by atoms with Crippen molar-refractivity contribution in [1.29, 1.82) is 5.26 Å². The topological polar surface area (TPSA) is 59.3 Å². The zero-order valence-corrected chi connectivity index (χ0v) is 13.4. The maximum absolute atomic E-state index is 12.0. The van der Waals surface area contributed by atoms with Gasteiger partial charge in [0.05, 0.1) is 17.6 Å². The quantitative estimate of drug-likeness (QED) is 0.806. The number of rotatable bonds is 4. The molecule has 0 atom stereocenters. The van der Waals surface area contributed by atoms with Crippen molar-refractivity contribution >= 4 is 5.97 Å². The second-order valence-corrected chi connectivity index (χ2v) is 5.85. The molecule has 2 aromatic carbocycles. The average Bonchev–Trinajstić information content (AvgIpc) is 2.67. The molecular formula is C20H19NO3. The van der Waals surface area contributed by atoms with E-state index in [0.29, 0.717) is 18.8 Å². The normalized spacial score (nSPS) is 14.8. The summed E-state index contributed by atoms with van der Waals surface area (Å²) in [7, 11) is 0. The van der Waals surface area contributed by atoms with Crippen LogP contribution >= 0.6 is 0 Å².